The Hall–Kier alpha value is -0.655. The summed E-state index contributed by atoms with van der Waals surface area (Å²) in [5, 5.41) is 4.01. The molecule has 0 aromatic rings. The highest BCUT2D eigenvalue weighted by Gasteiger charge is 2.28. The molecular weight excluding hydrogens is 355 g/mol. The lowest BCUT2D eigenvalue weighted by atomic mass is 10.3. The van der Waals surface area contributed by atoms with Gasteiger partial charge in [0, 0.05) is 14.1 Å². The number of hydrazine groups is 2. The molecule has 0 N–H and O–H groups in total. The molecule has 2 heterocycles. The van der Waals surface area contributed by atoms with Crippen molar-refractivity contribution in [2.24, 2.45) is 0 Å². The molecule has 0 aromatic carbocycles. The van der Waals surface area contributed by atoms with Crippen LogP contribution in [-0.4, -0.2) is 88.5 Å². The molecule has 0 fully saturated rings. The maximum Gasteiger partial charge on any atom is 0.673 e. The van der Waals surface area contributed by atoms with Gasteiger partial charge in [-0.1, -0.05) is 5.01 Å². The molecule has 0 saturated heterocycles. The van der Waals surface area contributed by atoms with Gasteiger partial charge in [0.2, 0.25) is 6.34 Å². The van der Waals surface area contributed by atoms with Crippen molar-refractivity contribution in [1.82, 2.24) is 18.8 Å². The number of nitrogens with zero attached hydrogens (tertiary/aromatic N) is 6. The first kappa shape index (κ1) is 22.3. The molecule has 0 spiro atoms. The van der Waals surface area contributed by atoms with Gasteiger partial charge in [-0.05, 0) is 13.8 Å². The molecule has 6 nitrogen and oxygen atoms in total. The first-order valence-electron chi connectivity index (χ1n) is 6.66. The average Bonchev–Trinajstić information content (AvgIpc) is 2.74. The van der Waals surface area contributed by atoms with E-state index in [1.54, 1.807) is 8.83 Å². The number of hydrogen-bond donors (Lipinski definition) is 1. The molecule has 23 heavy (non-hydrogen) atoms. The summed E-state index contributed by atoms with van der Waals surface area (Å²) < 4.78 is 46.6. The van der Waals surface area contributed by atoms with Crippen LogP contribution in [0.5, 0.6) is 0 Å². The van der Waals surface area contributed by atoms with E-state index in [1.807, 2.05) is 50.9 Å². The number of thiol groups is 1. The lowest BCUT2D eigenvalue weighted by molar-refractivity contribution is -0.542. The molecule has 0 aliphatic carbocycles. The molecule has 2 rings (SSSR count). The minimum Gasteiger partial charge on any atom is -0.504 e. The highest BCUT2D eigenvalue weighted by molar-refractivity contribution is 7.78. The van der Waals surface area contributed by atoms with E-state index in [0.717, 1.165) is 0 Å². The Morgan fingerprint density at radius 3 is 1.39 bits per heavy atom. The van der Waals surface area contributed by atoms with Crippen molar-refractivity contribution in [3.63, 3.8) is 0 Å². The van der Waals surface area contributed by atoms with E-state index in [4.69, 9.17) is 12.8 Å². The summed E-state index contributed by atoms with van der Waals surface area (Å²) in [4.78, 5) is 0. The van der Waals surface area contributed by atoms with E-state index >= 15 is 0 Å². The van der Waals surface area contributed by atoms with Crippen LogP contribution in [0.3, 0.4) is 0 Å². The maximum atomic E-state index is 9.75. The molecule has 0 saturated carbocycles. The average molecular weight is 378 g/mol. The standard InChI is InChI=1S/C5H12N3S.C5H11N3S.BF4/c2*1-5-6(2)4-8(9)7(5)3;2-1(3,4)5/h4-5,9H,1-3H3;4-5H,1-3H3;/q+1;;-1. The van der Waals surface area contributed by atoms with Gasteiger partial charge >= 0.3 is 7.25 Å². The highest BCUT2D eigenvalue weighted by Crippen LogP contribution is 2.08. The van der Waals surface area contributed by atoms with Gasteiger partial charge in [0.15, 0.2) is 12.3 Å². The van der Waals surface area contributed by atoms with Crippen LogP contribution in [0, 0.1) is 0 Å². The Balaban J connectivity index is 0.000000332. The zero-order valence-electron chi connectivity index (χ0n) is 13.9. The Labute approximate surface area is 145 Å². The number of hydrogen-bond acceptors (Lipinski definition) is 6. The zero-order valence-corrected chi connectivity index (χ0v) is 15.6. The molecule has 13 heteroatoms. The first-order chi connectivity index (χ1) is 10.3. The van der Waals surface area contributed by atoms with Crippen LogP contribution < -0.4 is 0 Å². The van der Waals surface area contributed by atoms with Gasteiger partial charge in [-0.15, -0.1) is 9.42 Å². The fourth-order valence-electron chi connectivity index (χ4n) is 1.54. The predicted molar refractivity (Wildman–Crippen MR) is 89.2 cm³/mol. The molecule has 136 valence electrons. The Morgan fingerprint density at radius 2 is 1.30 bits per heavy atom. The van der Waals surface area contributed by atoms with E-state index in [-0.39, 0.29) is 0 Å². The van der Waals surface area contributed by atoms with E-state index < -0.39 is 7.25 Å². The SMILES string of the molecule is CC1N(C)N(S)C=[N+]1C.CC1N(C)N([S-])C=[N+]1C.F[B-](F)(F)F. The summed E-state index contributed by atoms with van der Waals surface area (Å²) in [6.07, 6.45) is 4.64. The summed E-state index contributed by atoms with van der Waals surface area (Å²) in [6.45, 7) is 4.22. The van der Waals surface area contributed by atoms with Crippen LogP contribution in [-0.2, 0) is 12.8 Å². The van der Waals surface area contributed by atoms with E-state index in [1.165, 1.54) is 0 Å². The lowest BCUT2D eigenvalue weighted by Gasteiger charge is -2.22. The third kappa shape index (κ3) is 8.13. The molecule has 2 aliphatic heterocycles. The zero-order chi connectivity index (χ0) is 18.5. The fourth-order valence-corrected chi connectivity index (χ4v) is 2.14. The van der Waals surface area contributed by atoms with Crippen LogP contribution in [0.1, 0.15) is 13.8 Å². The van der Waals surface area contributed by atoms with Crippen LogP contribution in [0.25, 0.3) is 0 Å². The molecule has 0 amide bonds. The normalized spacial score (nSPS) is 25.4. The first-order valence-corrected chi connectivity index (χ1v) is 7.43. The van der Waals surface area contributed by atoms with E-state index in [9.17, 15) is 17.3 Å². The lowest BCUT2D eigenvalue weighted by Crippen LogP contribution is -2.35. The Bertz CT molecular complexity index is 410. The van der Waals surface area contributed by atoms with Crippen molar-refractivity contribution < 1.29 is 26.4 Å². The maximum absolute atomic E-state index is 9.75. The van der Waals surface area contributed by atoms with Crippen molar-refractivity contribution >= 4 is 45.6 Å². The third-order valence-corrected chi connectivity index (χ3v) is 4.20. The fraction of sp³-hybridized carbons (Fsp3) is 0.800. The second-order valence-corrected chi connectivity index (χ2v) is 5.87. The van der Waals surface area contributed by atoms with Crippen molar-refractivity contribution in [2.75, 3.05) is 28.2 Å². The monoisotopic (exact) mass is 378 g/mol. The van der Waals surface area contributed by atoms with Crippen molar-refractivity contribution in [1.29, 1.82) is 0 Å². The molecular formula is C10H23BF4N6S2. The van der Waals surface area contributed by atoms with Gasteiger partial charge in [-0.25, -0.2) is 4.58 Å². The summed E-state index contributed by atoms with van der Waals surface area (Å²) in [5.74, 6) is 0. The van der Waals surface area contributed by atoms with Gasteiger partial charge in [0.05, 0.1) is 26.9 Å². The smallest absolute Gasteiger partial charge is 0.504 e. The van der Waals surface area contributed by atoms with Crippen molar-refractivity contribution in [2.45, 2.75) is 26.2 Å². The topological polar surface area (TPSA) is 19.0 Å². The third-order valence-electron chi connectivity index (χ3n) is 3.46. The Kier molecular flexibility index (Phi) is 8.74. The minimum absolute atomic E-state index is 0.391. The Morgan fingerprint density at radius 1 is 0.957 bits per heavy atom. The molecule has 0 radical (unpaired) electrons. The molecule has 2 aliphatic rings. The predicted octanol–water partition coefficient (Wildman–Crippen LogP) is 0.937. The number of rotatable bonds is 0. The second-order valence-electron chi connectivity index (χ2n) is 5.09. The summed E-state index contributed by atoms with van der Waals surface area (Å²) in [7, 11) is 2.00. The van der Waals surface area contributed by atoms with Crippen LogP contribution >= 0.6 is 12.8 Å². The van der Waals surface area contributed by atoms with Crippen molar-refractivity contribution in [3.8, 4) is 0 Å². The summed E-state index contributed by atoms with van der Waals surface area (Å²) >= 11 is 9.11. The molecule has 0 bridgehead atoms. The number of halogens is 4. The van der Waals surface area contributed by atoms with Gasteiger partial charge < -0.3 is 34.5 Å². The summed E-state index contributed by atoms with van der Waals surface area (Å²) in [6, 6.07) is 0. The molecule has 2 unspecified atom stereocenters. The van der Waals surface area contributed by atoms with E-state index in [0.29, 0.717) is 12.3 Å². The molecule has 2 atom stereocenters. The van der Waals surface area contributed by atoms with Crippen LogP contribution in [0.2, 0.25) is 0 Å². The second kappa shape index (κ2) is 8.99. The van der Waals surface area contributed by atoms with Gasteiger partial charge in [0.1, 0.15) is 0 Å². The van der Waals surface area contributed by atoms with Gasteiger partial charge in [-0.3, -0.25) is 4.58 Å². The van der Waals surface area contributed by atoms with Crippen LogP contribution in [0.15, 0.2) is 0 Å². The van der Waals surface area contributed by atoms with Gasteiger partial charge in [0.25, 0.3) is 6.34 Å². The van der Waals surface area contributed by atoms with Gasteiger partial charge in [-0.2, -0.15) is 0 Å². The minimum atomic E-state index is -6.00. The largest absolute Gasteiger partial charge is 0.673 e. The molecule has 0 aromatic heterocycles. The van der Waals surface area contributed by atoms with Crippen molar-refractivity contribution in [3.05, 3.63) is 0 Å². The highest BCUT2D eigenvalue weighted by atomic mass is 32.1. The van der Waals surface area contributed by atoms with Crippen LogP contribution in [0.4, 0.5) is 17.3 Å². The summed E-state index contributed by atoms with van der Waals surface area (Å²) in [5.41, 5.74) is 0. The quantitative estimate of drug-likeness (QED) is 0.222. The van der Waals surface area contributed by atoms with E-state index in [2.05, 4.69) is 35.8 Å².